The standard InChI is InChI=1S/C35H56O11/c1-30(2)11-13-35(29(43)46-28-25(40)24(39)23(38)19(16-36)45-28)14-12-32(4)17(22(35)27(30)42)7-8-20-31(3)15-18(37)26(41)34(6,44)21(31)9-10-33(20,32)5/h7,18-28,36-42,44H,8-16H2,1-6H3/t18-,19-,20-,21-,22-,23-,24+,25-,26+,27+,28+,31-,32-,33-,34-,35+/m1/s1. The molecule has 5 aliphatic carbocycles. The van der Waals surface area contributed by atoms with Crippen molar-refractivity contribution < 1.29 is 55.1 Å². The van der Waals surface area contributed by atoms with E-state index >= 15 is 0 Å². The summed E-state index contributed by atoms with van der Waals surface area (Å²) in [4.78, 5) is 14.4. The molecule has 1 saturated heterocycles. The molecule has 0 aromatic rings. The molecule has 46 heavy (non-hydrogen) atoms. The fraction of sp³-hybridized carbons (Fsp3) is 0.914. The van der Waals surface area contributed by atoms with E-state index in [1.807, 2.05) is 13.8 Å². The van der Waals surface area contributed by atoms with Crippen LogP contribution in [-0.4, -0.2) is 108 Å². The van der Waals surface area contributed by atoms with Crippen molar-refractivity contribution in [3.05, 3.63) is 11.6 Å². The number of aliphatic hydroxyl groups is 8. The summed E-state index contributed by atoms with van der Waals surface area (Å²) in [6.07, 6.45) is -4.25. The molecular formula is C35H56O11. The van der Waals surface area contributed by atoms with Gasteiger partial charge in [0.1, 0.15) is 30.5 Å². The Bertz CT molecular complexity index is 1250. The smallest absolute Gasteiger partial charge is 0.315 e. The van der Waals surface area contributed by atoms with Gasteiger partial charge in [0.2, 0.25) is 6.29 Å². The van der Waals surface area contributed by atoms with Crippen molar-refractivity contribution in [1.82, 2.24) is 0 Å². The van der Waals surface area contributed by atoms with Crippen molar-refractivity contribution >= 4 is 5.97 Å². The maximum atomic E-state index is 14.4. The molecule has 4 saturated carbocycles. The number of fused-ring (bicyclic) bond motifs is 7. The highest BCUT2D eigenvalue weighted by Crippen LogP contribution is 2.75. The van der Waals surface area contributed by atoms with Crippen LogP contribution in [0.15, 0.2) is 11.6 Å². The van der Waals surface area contributed by atoms with E-state index in [4.69, 9.17) is 9.47 Å². The van der Waals surface area contributed by atoms with Gasteiger partial charge in [-0.15, -0.1) is 0 Å². The first-order valence-corrected chi connectivity index (χ1v) is 17.2. The molecule has 5 fully saturated rings. The zero-order valence-electron chi connectivity index (χ0n) is 28.1. The van der Waals surface area contributed by atoms with Crippen LogP contribution < -0.4 is 0 Å². The van der Waals surface area contributed by atoms with E-state index in [9.17, 15) is 45.6 Å². The van der Waals surface area contributed by atoms with Gasteiger partial charge in [0.05, 0.1) is 29.8 Å². The predicted molar refractivity (Wildman–Crippen MR) is 165 cm³/mol. The lowest BCUT2D eigenvalue weighted by Crippen LogP contribution is -2.70. The molecule has 16 atom stereocenters. The monoisotopic (exact) mass is 652 g/mol. The van der Waals surface area contributed by atoms with Gasteiger partial charge < -0.3 is 50.3 Å². The summed E-state index contributed by atoms with van der Waals surface area (Å²) < 4.78 is 11.4. The SMILES string of the molecule is CC1(C)CC[C@]2(C(=O)O[C@@H]3O[C@H](CO)[C@@H](O)[C@H](O)[C@H]3O)CC[C@]3(C)C(=CC[C@@H]4[C@@]5(C)C[C@@H](O)[C@H](O)[C@](C)(O)[C@@H]5CC[C@]43C)[C@@H]2[C@@H]1O. The van der Waals surface area contributed by atoms with E-state index in [2.05, 4.69) is 26.8 Å². The fourth-order valence-corrected chi connectivity index (χ4v) is 11.8. The van der Waals surface area contributed by atoms with Crippen molar-refractivity contribution in [2.45, 2.75) is 148 Å². The lowest BCUT2D eigenvalue weighted by molar-refractivity contribution is -0.298. The van der Waals surface area contributed by atoms with Crippen LogP contribution in [0.25, 0.3) is 0 Å². The quantitative estimate of drug-likeness (QED) is 0.161. The summed E-state index contributed by atoms with van der Waals surface area (Å²) >= 11 is 0. The number of aliphatic hydroxyl groups excluding tert-OH is 7. The van der Waals surface area contributed by atoms with Gasteiger partial charge in [0.15, 0.2) is 0 Å². The highest BCUT2D eigenvalue weighted by Gasteiger charge is 2.72. The third-order valence-corrected chi connectivity index (χ3v) is 14.9. The van der Waals surface area contributed by atoms with Crippen LogP contribution in [0, 0.1) is 44.8 Å². The van der Waals surface area contributed by atoms with E-state index in [1.165, 1.54) is 0 Å². The van der Waals surface area contributed by atoms with Gasteiger partial charge >= 0.3 is 5.97 Å². The van der Waals surface area contributed by atoms with E-state index in [1.54, 1.807) is 6.92 Å². The average molecular weight is 653 g/mol. The summed E-state index contributed by atoms with van der Waals surface area (Å²) in [5.74, 6) is -1.35. The Morgan fingerprint density at radius 3 is 2.17 bits per heavy atom. The molecule has 1 aliphatic heterocycles. The summed E-state index contributed by atoms with van der Waals surface area (Å²) in [5.41, 5.74) is -3.22. The van der Waals surface area contributed by atoms with E-state index < -0.39 is 94.8 Å². The number of rotatable bonds is 3. The van der Waals surface area contributed by atoms with Crippen molar-refractivity contribution in [2.75, 3.05) is 6.61 Å². The Morgan fingerprint density at radius 2 is 1.52 bits per heavy atom. The lowest BCUT2D eigenvalue weighted by Gasteiger charge is -2.71. The molecule has 0 aromatic heterocycles. The summed E-state index contributed by atoms with van der Waals surface area (Å²) in [6, 6.07) is 0. The van der Waals surface area contributed by atoms with Crippen LogP contribution in [0.5, 0.6) is 0 Å². The van der Waals surface area contributed by atoms with Gasteiger partial charge in [-0.05, 0) is 91.8 Å². The van der Waals surface area contributed by atoms with Crippen molar-refractivity contribution in [1.29, 1.82) is 0 Å². The number of carbonyl (C=O) groups is 1. The molecule has 1 heterocycles. The first-order valence-electron chi connectivity index (χ1n) is 17.2. The third kappa shape index (κ3) is 4.45. The fourth-order valence-electron chi connectivity index (χ4n) is 11.8. The zero-order valence-corrected chi connectivity index (χ0v) is 28.1. The number of hydrogen-bond donors (Lipinski definition) is 8. The van der Waals surface area contributed by atoms with Gasteiger partial charge in [0.25, 0.3) is 0 Å². The zero-order chi connectivity index (χ0) is 34.0. The van der Waals surface area contributed by atoms with Crippen molar-refractivity contribution in [2.24, 2.45) is 44.8 Å². The van der Waals surface area contributed by atoms with Gasteiger partial charge in [-0.25, -0.2) is 0 Å². The highest BCUT2D eigenvalue weighted by atomic mass is 16.7. The van der Waals surface area contributed by atoms with Gasteiger partial charge in [-0.1, -0.05) is 46.3 Å². The Balaban J connectivity index is 1.39. The summed E-state index contributed by atoms with van der Waals surface area (Å²) in [5, 5.41) is 86.3. The van der Waals surface area contributed by atoms with Gasteiger partial charge in [0, 0.05) is 5.92 Å². The van der Waals surface area contributed by atoms with Gasteiger partial charge in [-0.2, -0.15) is 0 Å². The molecule has 11 nitrogen and oxygen atoms in total. The second kappa shape index (κ2) is 10.9. The maximum Gasteiger partial charge on any atom is 0.315 e. The van der Waals surface area contributed by atoms with E-state index in [-0.39, 0.29) is 17.3 Å². The average Bonchev–Trinajstić information content (AvgIpc) is 2.98. The van der Waals surface area contributed by atoms with E-state index in [0.29, 0.717) is 44.9 Å². The van der Waals surface area contributed by atoms with E-state index in [0.717, 1.165) is 12.0 Å². The minimum absolute atomic E-state index is 0.0726. The molecule has 0 spiro atoms. The topological polar surface area (TPSA) is 197 Å². The molecule has 0 radical (unpaired) electrons. The molecule has 262 valence electrons. The van der Waals surface area contributed by atoms with Gasteiger partial charge in [-0.3, -0.25) is 4.79 Å². The van der Waals surface area contributed by atoms with Crippen LogP contribution in [0.4, 0.5) is 0 Å². The second-order valence-electron chi connectivity index (χ2n) is 17.4. The van der Waals surface area contributed by atoms with Crippen molar-refractivity contribution in [3.63, 3.8) is 0 Å². The molecule has 0 aromatic carbocycles. The Kier molecular flexibility index (Phi) is 8.24. The highest BCUT2D eigenvalue weighted by molar-refractivity contribution is 5.79. The first-order chi connectivity index (χ1) is 21.2. The van der Waals surface area contributed by atoms with Crippen LogP contribution in [0.3, 0.4) is 0 Å². The Labute approximate surface area is 271 Å². The predicted octanol–water partition coefficient (Wildman–Crippen LogP) is 1.16. The normalized spacial score (nSPS) is 56.4. The molecule has 0 bridgehead atoms. The largest absolute Gasteiger partial charge is 0.432 e. The molecule has 0 amide bonds. The lowest BCUT2D eigenvalue weighted by atomic mass is 9.34. The molecule has 6 aliphatic rings. The molecule has 11 heteroatoms. The Hall–Kier alpha value is -1.15. The van der Waals surface area contributed by atoms with Crippen LogP contribution >= 0.6 is 0 Å². The van der Waals surface area contributed by atoms with Crippen molar-refractivity contribution in [3.8, 4) is 0 Å². The molecular weight excluding hydrogens is 596 g/mol. The molecule has 0 unspecified atom stereocenters. The number of allylic oxidation sites excluding steroid dienone is 1. The molecule has 8 N–H and O–H groups in total. The third-order valence-electron chi connectivity index (χ3n) is 14.9. The number of carbonyl (C=O) groups excluding carboxylic acids is 1. The second-order valence-corrected chi connectivity index (χ2v) is 17.4. The summed E-state index contributed by atoms with van der Waals surface area (Å²) in [6.45, 7) is 11.7. The Morgan fingerprint density at radius 1 is 0.870 bits per heavy atom. The summed E-state index contributed by atoms with van der Waals surface area (Å²) in [7, 11) is 0. The number of ether oxygens (including phenoxy) is 2. The molecule has 6 rings (SSSR count). The van der Waals surface area contributed by atoms with Crippen LogP contribution in [-0.2, 0) is 14.3 Å². The maximum absolute atomic E-state index is 14.4. The first kappa shape index (κ1) is 34.7. The van der Waals surface area contributed by atoms with Crippen LogP contribution in [0.2, 0.25) is 0 Å². The number of esters is 1. The van der Waals surface area contributed by atoms with Crippen LogP contribution in [0.1, 0.15) is 92.9 Å². The minimum Gasteiger partial charge on any atom is -0.432 e. The minimum atomic E-state index is -1.72. The number of hydrogen-bond acceptors (Lipinski definition) is 11.